The zero-order valence-corrected chi connectivity index (χ0v) is 40.0. The quantitative estimate of drug-likeness (QED) is 0.0323. The zero-order valence-electron chi connectivity index (χ0n) is 40.0. The molecule has 0 saturated carbocycles. The zero-order chi connectivity index (χ0) is 49.5. The molecule has 3 heterocycles. The van der Waals surface area contributed by atoms with Crippen molar-refractivity contribution in [3.05, 3.63) is 0 Å². The number of carbonyl (C=O) groups excluding carboxylic acids is 1. The van der Waals surface area contributed by atoms with Gasteiger partial charge in [0.2, 0.25) is 0 Å². The lowest BCUT2D eigenvalue weighted by molar-refractivity contribution is -0.380. The second-order valence-electron chi connectivity index (χ2n) is 19.2. The normalized spacial score (nSPS) is 32.2. The fourth-order valence-corrected chi connectivity index (χ4v) is 8.52. The van der Waals surface area contributed by atoms with E-state index in [-0.39, 0.29) is 18.9 Å². The van der Waals surface area contributed by atoms with E-state index in [9.17, 15) is 60.7 Å². The van der Waals surface area contributed by atoms with Crippen LogP contribution >= 0.6 is 0 Å². The van der Waals surface area contributed by atoms with E-state index in [4.69, 9.17) is 38.3 Å². The first-order chi connectivity index (χ1) is 31.9. The first-order valence-electron chi connectivity index (χ1n) is 25.0. The van der Waals surface area contributed by atoms with Crippen LogP contribution in [0.1, 0.15) is 156 Å². The molecule has 3 aliphatic rings. The number of rotatable bonds is 34. The van der Waals surface area contributed by atoms with Gasteiger partial charge in [-0.3, -0.25) is 4.79 Å². The van der Waals surface area contributed by atoms with Gasteiger partial charge in [-0.1, -0.05) is 111 Å². The molecule has 3 saturated heterocycles. The Kier molecular flexibility index (Phi) is 28.7. The number of carboxylic acids is 1. The van der Waals surface area contributed by atoms with Gasteiger partial charge in [-0.25, -0.2) is 4.79 Å². The number of carboxylic acid groups (broad SMARTS) is 1. The van der Waals surface area contributed by atoms with E-state index in [1.165, 1.54) is 0 Å². The molecule has 0 aromatic carbocycles. The summed E-state index contributed by atoms with van der Waals surface area (Å²) < 4.78 is 40.8. The van der Waals surface area contributed by atoms with Gasteiger partial charge in [0.15, 0.2) is 25.0 Å². The smallest absolute Gasteiger partial charge is 0.332 e. The van der Waals surface area contributed by atoms with Crippen LogP contribution in [-0.2, 0) is 42.7 Å². The van der Waals surface area contributed by atoms with E-state index < -0.39 is 129 Å². The molecule has 3 rings (SSSR count). The van der Waals surface area contributed by atoms with Crippen molar-refractivity contribution in [3.8, 4) is 0 Å². The fraction of sp³-hybridized carbons (Fsp3) is 0.957. The average molecular weight is 971 g/mol. The van der Waals surface area contributed by atoms with Crippen molar-refractivity contribution < 1.29 is 98.9 Å². The molecular formula is C47H86O20. The standard InChI is InChI=1S/C47H86O20/c1-4-5-19-29(20-18-23-31(49)30(48)21-16-14-12-10-8-6-7-9-11-13-15-17-22-32(50)44(59)60)64-46-42(37(54)33(51)25-62-46)67-47-43(38(55)34(52)26-63-47)66-45-41(58)40(57)39(56)35(65-45)27-61-36(53)24-28(2)3/h28-35,37-43,45-52,54-58H,4-27H2,1-3H3,(H,59,60)/t29-,30+,31-,32+,33-,34-,35-,37+,38+,39-,40+,41-,42-,43-,45+,46+,47+/m0/s1. The van der Waals surface area contributed by atoms with Crippen LogP contribution in [0.3, 0.4) is 0 Å². The number of esters is 1. The van der Waals surface area contributed by atoms with E-state index in [2.05, 4.69) is 0 Å². The van der Waals surface area contributed by atoms with Gasteiger partial charge >= 0.3 is 11.9 Å². The van der Waals surface area contributed by atoms with E-state index in [0.717, 1.165) is 89.9 Å². The van der Waals surface area contributed by atoms with Gasteiger partial charge in [0.1, 0.15) is 67.6 Å². The second-order valence-corrected chi connectivity index (χ2v) is 19.2. The maximum Gasteiger partial charge on any atom is 0.332 e. The molecule has 0 aromatic heterocycles. The van der Waals surface area contributed by atoms with E-state index >= 15 is 0 Å². The number of aliphatic hydroxyl groups is 10. The average Bonchev–Trinajstić information content (AvgIpc) is 3.29. The minimum Gasteiger partial charge on any atom is -0.479 e. The predicted octanol–water partition coefficient (Wildman–Crippen LogP) is 1.68. The lowest BCUT2D eigenvalue weighted by Crippen LogP contribution is -2.64. The number of aliphatic hydroxyl groups excluding tert-OH is 10. The van der Waals surface area contributed by atoms with E-state index in [1.54, 1.807) is 0 Å². The molecule has 0 bridgehead atoms. The first kappa shape index (κ1) is 59.6. The number of hydrogen-bond acceptors (Lipinski definition) is 19. The van der Waals surface area contributed by atoms with Gasteiger partial charge in [0.25, 0.3) is 0 Å². The van der Waals surface area contributed by atoms with Gasteiger partial charge in [0, 0.05) is 6.42 Å². The Morgan fingerprint density at radius 3 is 1.58 bits per heavy atom. The molecule has 394 valence electrons. The summed E-state index contributed by atoms with van der Waals surface area (Å²) in [5, 5.41) is 115. The summed E-state index contributed by atoms with van der Waals surface area (Å²) >= 11 is 0. The Morgan fingerprint density at radius 2 is 1.04 bits per heavy atom. The molecular weight excluding hydrogens is 884 g/mol. The molecule has 0 aliphatic carbocycles. The largest absolute Gasteiger partial charge is 0.479 e. The van der Waals surface area contributed by atoms with Gasteiger partial charge in [-0.05, 0) is 44.4 Å². The summed E-state index contributed by atoms with van der Waals surface area (Å²) in [7, 11) is 0. The molecule has 0 aromatic rings. The Balaban J connectivity index is 1.48. The highest BCUT2D eigenvalue weighted by Gasteiger charge is 2.51. The van der Waals surface area contributed by atoms with Gasteiger partial charge < -0.3 is 89.3 Å². The SMILES string of the molecule is CCCC[C@@H](CCC[C@H](O)[C@H](O)CCCCCCCCCCCCCC[C@@H](O)C(=O)O)O[C@H]1OC[C@H](O)[C@@H](O)[C@@H]1O[C@H]1OC[C@H](O)[C@@H](O)[C@@H]1O[C@H]1O[C@@H](COC(=O)CC(C)C)[C@H](O)[C@@H](O)[C@@H]1O. The van der Waals surface area contributed by atoms with Gasteiger partial charge in [0.05, 0.1) is 31.5 Å². The fourth-order valence-electron chi connectivity index (χ4n) is 8.52. The Labute approximate surface area is 395 Å². The molecule has 3 aliphatic heterocycles. The highest BCUT2D eigenvalue weighted by atomic mass is 16.8. The number of aliphatic carboxylic acids is 1. The van der Waals surface area contributed by atoms with Crippen LogP contribution in [0.15, 0.2) is 0 Å². The van der Waals surface area contributed by atoms with Crippen LogP contribution in [-0.4, -0.2) is 192 Å². The third-order valence-electron chi connectivity index (χ3n) is 12.8. The van der Waals surface area contributed by atoms with Crippen molar-refractivity contribution in [2.24, 2.45) is 5.92 Å². The highest BCUT2D eigenvalue weighted by Crippen LogP contribution is 2.32. The molecule has 0 spiro atoms. The topological polar surface area (TPSA) is 321 Å². The highest BCUT2D eigenvalue weighted by molar-refractivity contribution is 5.71. The van der Waals surface area contributed by atoms with Gasteiger partial charge in [-0.15, -0.1) is 0 Å². The Bertz CT molecular complexity index is 1330. The van der Waals surface area contributed by atoms with Crippen LogP contribution in [0.5, 0.6) is 0 Å². The summed E-state index contributed by atoms with van der Waals surface area (Å²) in [6.07, 6.45) is -7.52. The molecule has 0 radical (unpaired) electrons. The van der Waals surface area contributed by atoms with Crippen molar-refractivity contribution >= 4 is 11.9 Å². The summed E-state index contributed by atoms with van der Waals surface area (Å²) in [5.74, 6) is -1.75. The van der Waals surface area contributed by atoms with Crippen molar-refractivity contribution in [2.75, 3.05) is 19.8 Å². The van der Waals surface area contributed by atoms with Gasteiger partial charge in [-0.2, -0.15) is 0 Å². The first-order valence-corrected chi connectivity index (χ1v) is 25.0. The van der Waals surface area contributed by atoms with E-state index in [0.29, 0.717) is 38.5 Å². The van der Waals surface area contributed by atoms with Crippen molar-refractivity contribution in [1.29, 1.82) is 0 Å². The maximum atomic E-state index is 12.2. The van der Waals surface area contributed by atoms with Crippen molar-refractivity contribution in [1.82, 2.24) is 0 Å². The molecule has 67 heavy (non-hydrogen) atoms. The lowest BCUT2D eigenvalue weighted by Gasteiger charge is -2.46. The molecule has 20 heteroatoms. The number of hydrogen-bond donors (Lipinski definition) is 11. The molecule has 3 fully saturated rings. The van der Waals surface area contributed by atoms with Crippen LogP contribution in [0.4, 0.5) is 0 Å². The maximum absolute atomic E-state index is 12.2. The van der Waals surface area contributed by atoms with Crippen molar-refractivity contribution in [3.63, 3.8) is 0 Å². The van der Waals surface area contributed by atoms with Crippen LogP contribution in [0.25, 0.3) is 0 Å². The summed E-state index contributed by atoms with van der Waals surface area (Å²) in [6, 6.07) is 0. The third kappa shape index (κ3) is 21.3. The molecule has 20 nitrogen and oxygen atoms in total. The van der Waals surface area contributed by atoms with Crippen LogP contribution in [0.2, 0.25) is 0 Å². The molecule has 0 amide bonds. The number of carbonyl (C=O) groups is 2. The monoisotopic (exact) mass is 971 g/mol. The second kappa shape index (κ2) is 32.3. The van der Waals surface area contributed by atoms with E-state index in [1.807, 2.05) is 20.8 Å². The van der Waals surface area contributed by atoms with Crippen molar-refractivity contribution in [2.45, 2.75) is 260 Å². The number of ether oxygens (including phenoxy) is 7. The summed E-state index contributed by atoms with van der Waals surface area (Å²) in [6.45, 7) is 4.40. The minimum atomic E-state index is -1.88. The third-order valence-corrected chi connectivity index (χ3v) is 12.8. The Morgan fingerprint density at radius 1 is 0.567 bits per heavy atom. The summed E-state index contributed by atoms with van der Waals surface area (Å²) in [4.78, 5) is 22.9. The molecule has 11 N–H and O–H groups in total. The summed E-state index contributed by atoms with van der Waals surface area (Å²) in [5.41, 5.74) is 0. The molecule has 0 unspecified atom stereocenters. The number of unbranched alkanes of at least 4 members (excludes halogenated alkanes) is 12. The minimum absolute atomic E-state index is 0.0120. The lowest BCUT2D eigenvalue weighted by atomic mass is 9.98. The van der Waals surface area contributed by atoms with Crippen LogP contribution < -0.4 is 0 Å². The molecule has 17 atom stereocenters. The Hall–Kier alpha value is -1.70. The van der Waals surface area contributed by atoms with Crippen LogP contribution in [0, 0.1) is 5.92 Å². The predicted molar refractivity (Wildman–Crippen MR) is 239 cm³/mol.